The summed E-state index contributed by atoms with van der Waals surface area (Å²) in [5.74, 6) is -0.781. The van der Waals surface area contributed by atoms with Gasteiger partial charge in [-0.3, -0.25) is 14.5 Å². The molecule has 7 heteroatoms. The van der Waals surface area contributed by atoms with Crippen LogP contribution in [0.4, 0.5) is 0 Å². The average Bonchev–Trinajstić information content (AvgIpc) is 2.74. The Labute approximate surface area is 219 Å². The Morgan fingerprint density at radius 2 is 1.16 bits per heavy atom. The number of aliphatic hydroxyl groups excluding tert-OH is 1. The van der Waals surface area contributed by atoms with Crippen LogP contribution in [0.15, 0.2) is 0 Å². The van der Waals surface area contributed by atoms with Crippen LogP contribution in [-0.4, -0.2) is 89.3 Å². The maximum Gasteiger partial charge on any atom is 0.304 e. The molecule has 3 N–H and O–H groups in total. The monoisotopic (exact) mass is 465 g/mol. The van der Waals surface area contributed by atoms with Gasteiger partial charge in [-0.1, -0.05) is 96.8 Å². The van der Waals surface area contributed by atoms with Gasteiger partial charge in [-0.25, -0.2) is 0 Å². The number of nitrogens with one attached hydrogen (secondary N) is 1. The van der Waals surface area contributed by atoms with Crippen molar-refractivity contribution < 1.29 is 19.8 Å². The van der Waals surface area contributed by atoms with Crippen molar-refractivity contribution in [3.63, 3.8) is 0 Å². The zero-order chi connectivity index (χ0) is 23.0. The van der Waals surface area contributed by atoms with Crippen molar-refractivity contribution in [1.29, 1.82) is 0 Å². The zero-order valence-electron chi connectivity index (χ0n) is 21.2. The number of hydrogen-bond donors (Lipinski definition) is 3. The molecule has 0 bridgehead atoms. The van der Waals surface area contributed by atoms with E-state index in [1.54, 1.807) is 0 Å². The number of unbranched alkanes of at least 4 members (excludes halogenated alkanes) is 14. The second-order valence-corrected chi connectivity index (χ2v) is 8.76. The standard InChI is InChI=1S/C25H50N2O4.Na/c1-2-3-4-5-6-7-8-9-10-11-12-13-14-15-16-17-24(29)26-19-21-27(22-23-28)20-18-25(30)31;/h28H,2-23H2,1H3,(H,26,29)(H,30,31);. The number of carboxylic acid groups (broad SMARTS) is 1. The number of carbonyl (C=O) groups excluding carboxylic acids is 1. The van der Waals surface area contributed by atoms with Crippen LogP contribution in [0.2, 0.25) is 0 Å². The number of carbonyl (C=O) groups is 2. The van der Waals surface area contributed by atoms with E-state index < -0.39 is 5.97 Å². The molecule has 185 valence electrons. The van der Waals surface area contributed by atoms with Gasteiger partial charge in [0.25, 0.3) is 0 Å². The van der Waals surface area contributed by atoms with E-state index in [9.17, 15) is 9.59 Å². The van der Waals surface area contributed by atoms with Crippen LogP contribution in [-0.2, 0) is 9.59 Å². The van der Waals surface area contributed by atoms with E-state index in [4.69, 9.17) is 10.2 Å². The van der Waals surface area contributed by atoms with Crippen LogP contribution >= 0.6 is 0 Å². The summed E-state index contributed by atoms with van der Waals surface area (Å²) in [6.45, 7) is 4.15. The molecule has 0 fully saturated rings. The summed E-state index contributed by atoms with van der Waals surface area (Å²) in [7, 11) is 0. The Hall–Kier alpha value is -0.140. The molecule has 0 aliphatic carbocycles. The van der Waals surface area contributed by atoms with Crippen LogP contribution in [0.3, 0.4) is 0 Å². The van der Waals surface area contributed by atoms with Gasteiger partial charge in [0.05, 0.1) is 13.0 Å². The van der Waals surface area contributed by atoms with Crippen LogP contribution in [0.1, 0.15) is 116 Å². The van der Waals surface area contributed by atoms with E-state index in [0.29, 0.717) is 32.6 Å². The largest absolute Gasteiger partial charge is 0.481 e. The third kappa shape index (κ3) is 26.1. The number of aliphatic carboxylic acids is 1. The Bertz CT molecular complexity index is 425. The second-order valence-electron chi connectivity index (χ2n) is 8.76. The summed E-state index contributed by atoms with van der Waals surface area (Å²) in [5, 5.41) is 20.7. The molecule has 0 aromatic carbocycles. The molecule has 0 saturated carbocycles. The summed E-state index contributed by atoms with van der Waals surface area (Å²) in [5.41, 5.74) is 0. The zero-order valence-corrected chi connectivity index (χ0v) is 23.2. The van der Waals surface area contributed by atoms with Gasteiger partial charge in [0, 0.05) is 62.2 Å². The van der Waals surface area contributed by atoms with Gasteiger partial charge in [-0.15, -0.1) is 0 Å². The van der Waals surface area contributed by atoms with E-state index in [1.165, 1.54) is 83.5 Å². The first kappa shape index (κ1) is 34.0. The van der Waals surface area contributed by atoms with Crippen LogP contribution in [0.5, 0.6) is 0 Å². The van der Waals surface area contributed by atoms with Crippen molar-refractivity contribution in [2.24, 2.45) is 0 Å². The van der Waals surface area contributed by atoms with Crippen molar-refractivity contribution in [3.8, 4) is 0 Å². The number of hydrogen-bond acceptors (Lipinski definition) is 4. The Kier molecular flexibility index (Phi) is 28.8. The van der Waals surface area contributed by atoms with Crippen molar-refractivity contribution >= 4 is 41.4 Å². The molecule has 0 unspecified atom stereocenters. The first-order valence-corrected chi connectivity index (χ1v) is 12.9. The van der Waals surface area contributed by atoms with Gasteiger partial charge < -0.3 is 15.5 Å². The number of aliphatic hydroxyl groups is 1. The fourth-order valence-corrected chi connectivity index (χ4v) is 3.83. The minimum Gasteiger partial charge on any atom is -0.481 e. The molecule has 32 heavy (non-hydrogen) atoms. The predicted octanol–water partition coefficient (Wildman–Crippen LogP) is 4.75. The van der Waals surface area contributed by atoms with Gasteiger partial charge in [-0.05, 0) is 6.42 Å². The van der Waals surface area contributed by atoms with E-state index >= 15 is 0 Å². The van der Waals surface area contributed by atoms with Gasteiger partial charge in [0.2, 0.25) is 5.91 Å². The van der Waals surface area contributed by atoms with Crippen LogP contribution < -0.4 is 5.32 Å². The molecule has 0 aliphatic heterocycles. The first-order chi connectivity index (χ1) is 15.1. The summed E-state index contributed by atoms with van der Waals surface area (Å²) in [6.07, 6.45) is 20.4. The Morgan fingerprint density at radius 3 is 1.59 bits per heavy atom. The van der Waals surface area contributed by atoms with E-state index in [2.05, 4.69) is 12.2 Å². The summed E-state index contributed by atoms with van der Waals surface area (Å²) in [6, 6.07) is 0. The molecule has 0 rings (SSSR count). The van der Waals surface area contributed by atoms with Gasteiger partial charge in [0.15, 0.2) is 0 Å². The summed E-state index contributed by atoms with van der Waals surface area (Å²) >= 11 is 0. The summed E-state index contributed by atoms with van der Waals surface area (Å²) < 4.78 is 0. The van der Waals surface area contributed by atoms with Gasteiger partial charge in [0.1, 0.15) is 0 Å². The molecule has 6 nitrogen and oxygen atoms in total. The number of rotatable bonds is 24. The quantitative estimate of drug-likeness (QED) is 0.141. The number of carboxylic acids is 1. The topological polar surface area (TPSA) is 89.9 Å². The molecule has 0 spiro atoms. The fraction of sp³-hybridized carbons (Fsp3) is 0.920. The molecule has 1 amide bonds. The molecule has 0 aliphatic rings. The molecule has 0 heterocycles. The molecule has 0 aromatic heterocycles. The molecule has 0 atom stereocenters. The minimum absolute atomic E-state index is 0. The minimum atomic E-state index is -0.847. The number of amides is 1. The van der Waals surface area contributed by atoms with Crippen molar-refractivity contribution in [2.45, 2.75) is 116 Å². The van der Waals surface area contributed by atoms with Crippen molar-refractivity contribution in [3.05, 3.63) is 0 Å². The van der Waals surface area contributed by atoms with E-state index in [-0.39, 0.29) is 48.5 Å². The van der Waals surface area contributed by atoms with Gasteiger partial charge >= 0.3 is 5.97 Å². The fourth-order valence-electron chi connectivity index (χ4n) is 3.83. The molecular weight excluding hydrogens is 415 g/mol. The van der Waals surface area contributed by atoms with E-state index in [0.717, 1.165) is 12.8 Å². The second kappa shape index (κ2) is 27.1. The normalized spacial score (nSPS) is 10.8. The molecule has 1 radical (unpaired) electrons. The van der Waals surface area contributed by atoms with Crippen molar-refractivity contribution in [2.75, 3.05) is 32.8 Å². The van der Waals surface area contributed by atoms with Gasteiger partial charge in [-0.2, -0.15) is 0 Å². The predicted molar refractivity (Wildman–Crippen MR) is 134 cm³/mol. The smallest absolute Gasteiger partial charge is 0.304 e. The summed E-state index contributed by atoms with van der Waals surface area (Å²) in [4.78, 5) is 24.4. The van der Waals surface area contributed by atoms with Crippen molar-refractivity contribution in [1.82, 2.24) is 10.2 Å². The third-order valence-electron chi connectivity index (χ3n) is 5.82. The average molecular weight is 466 g/mol. The first-order valence-electron chi connectivity index (χ1n) is 12.9. The maximum atomic E-state index is 11.9. The third-order valence-corrected chi connectivity index (χ3v) is 5.82. The number of nitrogens with zero attached hydrogens (tertiary/aromatic N) is 1. The molecule has 0 saturated heterocycles. The molecular formula is C25H50N2NaO4. The molecule has 0 aromatic rings. The SMILES string of the molecule is CCCCCCCCCCCCCCCCCC(=O)NCCN(CCO)CCC(=O)O.[Na]. The maximum absolute atomic E-state index is 11.9. The van der Waals surface area contributed by atoms with Crippen LogP contribution in [0.25, 0.3) is 0 Å². The Balaban J connectivity index is 0. The Morgan fingerprint density at radius 1 is 0.688 bits per heavy atom. The van der Waals surface area contributed by atoms with E-state index in [1.807, 2.05) is 4.90 Å². The van der Waals surface area contributed by atoms with Crippen LogP contribution in [0, 0.1) is 0 Å².